The number of rotatable bonds is 6. The fourth-order valence-electron chi connectivity index (χ4n) is 2.52. The molecule has 2 aromatic heterocycles. The van der Waals surface area contributed by atoms with Crippen molar-refractivity contribution in [3.05, 3.63) is 64.4 Å². The second-order valence-corrected chi connectivity index (χ2v) is 6.93. The third-order valence-corrected chi connectivity index (χ3v) is 4.86. The third-order valence-electron chi connectivity index (χ3n) is 3.95. The predicted octanol–water partition coefficient (Wildman–Crippen LogP) is 3.39. The van der Waals surface area contributed by atoms with Crippen molar-refractivity contribution in [3.63, 3.8) is 0 Å². The Morgan fingerprint density at radius 3 is 2.72 bits per heavy atom. The van der Waals surface area contributed by atoms with Crippen molar-refractivity contribution >= 4 is 17.3 Å². The van der Waals surface area contributed by atoms with E-state index in [1.807, 2.05) is 0 Å². The van der Waals surface area contributed by atoms with E-state index in [2.05, 4.69) is 25.6 Å². The van der Waals surface area contributed by atoms with Gasteiger partial charge in [0.15, 0.2) is 11.7 Å². The molecule has 1 aromatic carbocycles. The fraction of sp³-hybridized carbons (Fsp3) is 0.278. The first-order chi connectivity index (χ1) is 13.9. The van der Waals surface area contributed by atoms with Crippen LogP contribution in [0.2, 0.25) is 0 Å². The third kappa shape index (κ3) is 5.53. The van der Waals surface area contributed by atoms with E-state index < -0.39 is 11.9 Å². The molecular formula is C18H18F4N6S. The molecule has 3 aromatic rings. The highest BCUT2D eigenvalue weighted by Crippen LogP contribution is 2.30. The fourth-order valence-corrected chi connectivity index (χ4v) is 3.33. The number of hydrogen-bond acceptors (Lipinski definition) is 4. The molecule has 0 unspecified atom stereocenters. The second kappa shape index (κ2) is 9.03. The van der Waals surface area contributed by atoms with Crippen molar-refractivity contribution in [3.8, 4) is 5.69 Å². The maximum Gasteiger partial charge on any atom is 0.434 e. The molecule has 11 heteroatoms. The van der Waals surface area contributed by atoms with Crippen molar-refractivity contribution in [1.29, 1.82) is 0 Å². The molecule has 0 aliphatic carbocycles. The normalized spacial score (nSPS) is 12.2. The molecule has 0 radical (unpaired) electrons. The predicted molar refractivity (Wildman–Crippen MR) is 103 cm³/mol. The molecule has 0 saturated heterocycles. The highest BCUT2D eigenvalue weighted by Gasteiger charge is 2.33. The lowest BCUT2D eigenvalue weighted by Crippen LogP contribution is -2.37. The van der Waals surface area contributed by atoms with E-state index in [4.69, 9.17) is 0 Å². The number of thiazole rings is 1. The molecule has 0 bridgehead atoms. The maximum absolute atomic E-state index is 14.3. The molecule has 0 amide bonds. The lowest BCUT2D eigenvalue weighted by atomic mass is 10.2. The largest absolute Gasteiger partial charge is 0.434 e. The molecule has 0 atom stereocenters. The zero-order valence-corrected chi connectivity index (χ0v) is 16.2. The molecule has 0 spiro atoms. The van der Waals surface area contributed by atoms with Crippen LogP contribution < -0.4 is 10.6 Å². The Bertz CT molecular complexity index is 965. The number of nitrogens with one attached hydrogen (secondary N) is 2. The van der Waals surface area contributed by atoms with Crippen LogP contribution in [0, 0.1) is 5.82 Å². The van der Waals surface area contributed by atoms with Gasteiger partial charge in [0.25, 0.3) is 0 Å². The zero-order valence-electron chi connectivity index (χ0n) is 15.4. The van der Waals surface area contributed by atoms with E-state index in [-0.39, 0.29) is 5.82 Å². The van der Waals surface area contributed by atoms with Gasteiger partial charge < -0.3 is 15.2 Å². The number of hydrogen-bond donors (Lipinski definition) is 2. The Kier molecular flexibility index (Phi) is 6.47. The molecule has 154 valence electrons. The van der Waals surface area contributed by atoms with Crippen LogP contribution in [-0.2, 0) is 19.1 Å². The summed E-state index contributed by atoms with van der Waals surface area (Å²) in [6.45, 7) is 0.689. The summed E-state index contributed by atoms with van der Waals surface area (Å²) in [6, 6.07) is 4.86. The number of guanidine groups is 1. The summed E-state index contributed by atoms with van der Waals surface area (Å²) in [5, 5.41) is 7.43. The zero-order chi connectivity index (χ0) is 20.9. The Balaban J connectivity index is 1.49. The minimum absolute atomic E-state index is 0.329. The topological polar surface area (TPSA) is 67.1 Å². The maximum atomic E-state index is 14.3. The van der Waals surface area contributed by atoms with Gasteiger partial charge in [0.2, 0.25) is 0 Å². The van der Waals surface area contributed by atoms with E-state index in [9.17, 15) is 17.6 Å². The van der Waals surface area contributed by atoms with Crippen LogP contribution in [0.3, 0.4) is 0 Å². The van der Waals surface area contributed by atoms with Crippen LogP contribution in [0.5, 0.6) is 0 Å². The van der Waals surface area contributed by atoms with Crippen LogP contribution in [-0.4, -0.2) is 34.1 Å². The van der Waals surface area contributed by atoms with Gasteiger partial charge in [0, 0.05) is 44.3 Å². The van der Waals surface area contributed by atoms with Crippen molar-refractivity contribution in [2.45, 2.75) is 19.1 Å². The monoisotopic (exact) mass is 426 g/mol. The molecule has 29 heavy (non-hydrogen) atoms. The van der Waals surface area contributed by atoms with Crippen LogP contribution in [0.25, 0.3) is 5.69 Å². The Morgan fingerprint density at radius 2 is 2.10 bits per heavy atom. The summed E-state index contributed by atoms with van der Waals surface area (Å²) in [6.07, 6.45) is 0.642. The van der Waals surface area contributed by atoms with Crippen molar-refractivity contribution in [1.82, 2.24) is 25.2 Å². The molecule has 0 aliphatic heterocycles. The summed E-state index contributed by atoms with van der Waals surface area (Å²) in [7, 11) is 1.57. The standard InChI is InChI=1S/C18H18F4N6S/c1-23-17(25-5-4-16-27-15(10-29-16)18(20,21)22)26-9-12-2-3-14(13(19)8-12)28-7-6-24-11-28/h2-3,6-8,10-11H,4-5,9H2,1H3,(H2,23,25,26). The Hall–Kier alpha value is -2.95. The molecule has 0 fully saturated rings. The number of imidazole rings is 1. The molecule has 3 rings (SSSR count). The van der Waals surface area contributed by atoms with Gasteiger partial charge in [0.05, 0.1) is 17.0 Å². The van der Waals surface area contributed by atoms with Crippen LogP contribution in [0.1, 0.15) is 16.3 Å². The van der Waals surface area contributed by atoms with Gasteiger partial charge in [-0.3, -0.25) is 4.99 Å². The van der Waals surface area contributed by atoms with E-state index >= 15 is 0 Å². The lowest BCUT2D eigenvalue weighted by molar-refractivity contribution is -0.140. The number of aliphatic imine (C=N–C) groups is 1. The van der Waals surface area contributed by atoms with Crippen LogP contribution in [0.15, 0.2) is 47.3 Å². The van der Waals surface area contributed by atoms with Gasteiger partial charge in [-0.2, -0.15) is 13.2 Å². The molecule has 6 nitrogen and oxygen atoms in total. The van der Waals surface area contributed by atoms with Crippen LogP contribution >= 0.6 is 11.3 Å². The van der Waals surface area contributed by atoms with Crippen molar-refractivity contribution in [2.75, 3.05) is 13.6 Å². The van der Waals surface area contributed by atoms with Gasteiger partial charge >= 0.3 is 6.18 Å². The van der Waals surface area contributed by atoms with E-state index in [1.54, 1.807) is 36.1 Å². The lowest BCUT2D eigenvalue weighted by Gasteiger charge is -2.12. The smallest absolute Gasteiger partial charge is 0.356 e. The second-order valence-electron chi connectivity index (χ2n) is 5.98. The number of benzene rings is 1. The van der Waals surface area contributed by atoms with E-state index in [0.29, 0.717) is 41.7 Å². The van der Waals surface area contributed by atoms with Crippen molar-refractivity contribution in [2.24, 2.45) is 4.99 Å². The average Bonchev–Trinajstić information content (AvgIpc) is 3.36. The minimum atomic E-state index is -4.43. The molecule has 0 saturated carbocycles. The summed E-state index contributed by atoms with van der Waals surface area (Å²) >= 11 is 0.968. The minimum Gasteiger partial charge on any atom is -0.356 e. The first-order valence-corrected chi connectivity index (χ1v) is 9.47. The van der Waals surface area contributed by atoms with Gasteiger partial charge in [0.1, 0.15) is 5.82 Å². The van der Waals surface area contributed by atoms with Gasteiger partial charge in [-0.15, -0.1) is 11.3 Å². The summed E-state index contributed by atoms with van der Waals surface area (Å²) in [4.78, 5) is 11.5. The molecule has 2 N–H and O–H groups in total. The number of aromatic nitrogens is 3. The summed E-state index contributed by atoms with van der Waals surface area (Å²) < 4.78 is 53.6. The highest BCUT2D eigenvalue weighted by atomic mass is 32.1. The van der Waals surface area contributed by atoms with Gasteiger partial charge in [-0.25, -0.2) is 14.4 Å². The average molecular weight is 426 g/mol. The summed E-state index contributed by atoms with van der Waals surface area (Å²) in [5.74, 6) is 0.0752. The Morgan fingerprint density at radius 1 is 1.28 bits per heavy atom. The van der Waals surface area contributed by atoms with Gasteiger partial charge in [-0.05, 0) is 17.7 Å². The number of halogens is 4. The Labute approximate surface area is 168 Å². The molecule has 0 aliphatic rings. The number of nitrogens with zero attached hydrogens (tertiary/aromatic N) is 4. The highest BCUT2D eigenvalue weighted by molar-refractivity contribution is 7.09. The SMILES string of the molecule is CN=C(NCCc1nc(C(F)(F)F)cs1)NCc1ccc(-n2ccnc2)c(F)c1. The van der Waals surface area contributed by atoms with Crippen LogP contribution in [0.4, 0.5) is 17.6 Å². The van der Waals surface area contributed by atoms with Crippen molar-refractivity contribution < 1.29 is 17.6 Å². The first kappa shape index (κ1) is 20.8. The summed E-state index contributed by atoms with van der Waals surface area (Å²) in [5.41, 5.74) is 0.237. The van der Waals surface area contributed by atoms with Gasteiger partial charge in [-0.1, -0.05) is 6.07 Å². The van der Waals surface area contributed by atoms with E-state index in [1.165, 1.54) is 12.4 Å². The van der Waals surface area contributed by atoms with E-state index in [0.717, 1.165) is 16.7 Å². The molecule has 2 heterocycles. The number of alkyl halides is 3. The quantitative estimate of drug-likeness (QED) is 0.360. The molecular weight excluding hydrogens is 408 g/mol. The first-order valence-electron chi connectivity index (χ1n) is 8.59.